The number of aryl methyl sites for hydroxylation is 1. The third-order valence-electron chi connectivity index (χ3n) is 5.64. The largest absolute Gasteiger partial charge is 0.497 e. The molecule has 2 aromatic heterocycles. The Kier molecular flexibility index (Phi) is 6.02. The number of aromatic nitrogens is 3. The van der Waals surface area contributed by atoms with Crippen LogP contribution in [0.4, 0.5) is 0 Å². The Morgan fingerprint density at radius 3 is 2.65 bits per heavy atom. The number of hydrogen-bond donors (Lipinski definition) is 0. The summed E-state index contributed by atoms with van der Waals surface area (Å²) in [6.45, 7) is 4.14. The maximum absolute atomic E-state index is 13.0. The van der Waals surface area contributed by atoms with Gasteiger partial charge in [0.2, 0.25) is 12.7 Å². The summed E-state index contributed by atoms with van der Waals surface area (Å²) >= 11 is 1.24. The fourth-order valence-electron chi connectivity index (χ4n) is 3.96. The van der Waals surface area contributed by atoms with Crippen LogP contribution in [-0.2, 0) is 6.42 Å². The van der Waals surface area contributed by atoms with Crippen LogP contribution in [0.5, 0.6) is 17.2 Å². The fourth-order valence-corrected chi connectivity index (χ4v) is 4.62. The van der Waals surface area contributed by atoms with Crippen molar-refractivity contribution in [2.75, 3.05) is 19.7 Å². The van der Waals surface area contributed by atoms with E-state index in [4.69, 9.17) is 18.6 Å². The van der Waals surface area contributed by atoms with Gasteiger partial charge in [-0.25, -0.2) is 0 Å². The minimum Gasteiger partial charge on any atom is -0.497 e. The Balaban J connectivity index is 1.25. The molecule has 3 heterocycles. The summed E-state index contributed by atoms with van der Waals surface area (Å²) in [6, 6.07) is 15.4. The maximum atomic E-state index is 13.0. The Morgan fingerprint density at radius 2 is 1.85 bits per heavy atom. The van der Waals surface area contributed by atoms with Gasteiger partial charge in [0.05, 0.1) is 19.3 Å². The van der Waals surface area contributed by atoms with Gasteiger partial charge in [-0.3, -0.25) is 4.79 Å². The molecule has 0 fully saturated rings. The lowest BCUT2D eigenvalue weighted by Gasteiger charge is -2.10. The Hall–Kier alpha value is -3.72. The molecule has 0 saturated heterocycles. The summed E-state index contributed by atoms with van der Waals surface area (Å²) in [5, 5.41) is 8.55. The number of rotatable bonds is 8. The second-order valence-corrected chi connectivity index (χ2v) is 8.78. The predicted molar refractivity (Wildman–Crippen MR) is 127 cm³/mol. The van der Waals surface area contributed by atoms with Gasteiger partial charge >= 0.3 is 0 Å². The van der Waals surface area contributed by atoms with Gasteiger partial charge in [-0.2, -0.15) is 0 Å². The van der Waals surface area contributed by atoms with Crippen LogP contribution in [0.15, 0.2) is 58.2 Å². The van der Waals surface area contributed by atoms with E-state index in [0.29, 0.717) is 28.8 Å². The third kappa shape index (κ3) is 4.38. The Labute approximate surface area is 200 Å². The van der Waals surface area contributed by atoms with E-state index in [1.807, 2.05) is 66.9 Å². The molecule has 9 heteroatoms. The van der Waals surface area contributed by atoms with Crippen LogP contribution in [-0.4, -0.2) is 40.2 Å². The van der Waals surface area contributed by atoms with Crippen molar-refractivity contribution in [2.45, 2.75) is 25.5 Å². The van der Waals surface area contributed by atoms with Gasteiger partial charge < -0.3 is 23.2 Å². The number of carbonyl (C=O) groups excluding carboxylic acids is 1. The van der Waals surface area contributed by atoms with Gasteiger partial charge in [0.15, 0.2) is 17.3 Å². The molecule has 0 radical (unpaired) electrons. The van der Waals surface area contributed by atoms with E-state index in [0.717, 1.165) is 34.1 Å². The van der Waals surface area contributed by atoms with Crippen molar-refractivity contribution in [3.05, 3.63) is 76.9 Å². The lowest BCUT2D eigenvalue weighted by Crippen LogP contribution is -2.05. The number of fused-ring (bicyclic) bond motifs is 1. The molecule has 0 N–H and O–H groups in total. The van der Waals surface area contributed by atoms with E-state index in [9.17, 15) is 4.79 Å². The van der Waals surface area contributed by atoms with Crippen LogP contribution in [0.25, 0.3) is 5.69 Å². The first-order valence-corrected chi connectivity index (χ1v) is 11.7. The van der Waals surface area contributed by atoms with Gasteiger partial charge in [-0.05, 0) is 49.7 Å². The number of methoxy groups -OCH3 is 1. The molecule has 174 valence electrons. The van der Waals surface area contributed by atoms with Gasteiger partial charge in [0, 0.05) is 28.7 Å². The quantitative estimate of drug-likeness (QED) is 0.265. The topological polar surface area (TPSA) is 88.6 Å². The predicted octanol–water partition coefficient (Wildman–Crippen LogP) is 4.78. The minimum atomic E-state index is -0.00000209. The highest BCUT2D eigenvalue weighted by molar-refractivity contribution is 7.99. The first-order chi connectivity index (χ1) is 16.5. The molecule has 8 nitrogen and oxygen atoms in total. The number of benzene rings is 2. The number of thioether (sulfide) groups is 1. The number of carbonyl (C=O) groups is 1. The lowest BCUT2D eigenvalue weighted by molar-refractivity contribution is 0.102. The van der Waals surface area contributed by atoms with Gasteiger partial charge in [-0.1, -0.05) is 23.9 Å². The van der Waals surface area contributed by atoms with Crippen molar-refractivity contribution in [2.24, 2.45) is 0 Å². The molecule has 0 aliphatic carbocycles. The number of ketones is 1. The summed E-state index contributed by atoms with van der Waals surface area (Å²) in [7, 11) is 1.63. The number of hydrogen-bond acceptors (Lipinski definition) is 8. The van der Waals surface area contributed by atoms with Crippen molar-refractivity contribution in [3.8, 4) is 22.9 Å². The van der Waals surface area contributed by atoms with Crippen LogP contribution in [0.1, 0.15) is 33.2 Å². The molecule has 0 atom stereocenters. The van der Waals surface area contributed by atoms with Crippen molar-refractivity contribution in [1.82, 2.24) is 14.8 Å². The van der Waals surface area contributed by atoms with Crippen LogP contribution < -0.4 is 14.2 Å². The van der Waals surface area contributed by atoms with Gasteiger partial charge in [0.25, 0.3) is 5.22 Å². The molecule has 1 aliphatic rings. The molecular weight excluding hydrogens is 454 g/mol. The maximum Gasteiger partial charge on any atom is 0.277 e. The average Bonchev–Trinajstić information content (AvgIpc) is 3.56. The van der Waals surface area contributed by atoms with Crippen LogP contribution in [0, 0.1) is 13.8 Å². The first-order valence-electron chi connectivity index (χ1n) is 10.7. The molecule has 0 amide bonds. The molecule has 0 unspecified atom stereocenters. The number of nitrogens with zero attached hydrogens (tertiary/aromatic N) is 3. The Bertz CT molecular complexity index is 1340. The zero-order valence-electron chi connectivity index (χ0n) is 19.0. The van der Waals surface area contributed by atoms with E-state index < -0.39 is 0 Å². The molecule has 0 bridgehead atoms. The number of ether oxygens (including phenoxy) is 3. The van der Waals surface area contributed by atoms with Crippen LogP contribution in [0.3, 0.4) is 0 Å². The van der Waals surface area contributed by atoms with Crippen LogP contribution in [0.2, 0.25) is 0 Å². The molecule has 0 spiro atoms. The van der Waals surface area contributed by atoms with Crippen molar-refractivity contribution < 1.29 is 23.4 Å². The normalized spacial score (nSPS) is 12.2. The fraction of sp³-hybridized carbons (Fsp3) is 0.240. The van der Waals surface area contributed by atoms with Crippen molar-refractivity contribution in [3.63, 3.8) is 0 Å². The van der Waals surface area contributed by atoms with Crippen molar-refractivity contribution >= 4 is 17.5 Å². The van der Waals surface area contributed by atoms with Crippen LogP contribution >= 0.6 is 11.8 Å². The summed E-state index contributed by atoms with van der Waals surface area (Å²) in [5.74, 6) is 2.93. The molecular formula is C25H23N3O5S. The average molecular weight is 478 g/mol. The SMILES string of the molecule is COc1ccc(Cc2nnc(SCC(=O)c3cc(C)n(-c4ccc5c(c4)OCO5)c3C)o2)cc1. The van der Waals surface area contributed by atoms with Gasteiger partial charge in [0.1, 0.15) is 5.75 Å². The highest BCUT2D eigenvalue weighted by Crippen LogP contribution is 2.35. The highest BCUT2D eigenvalue weighted by Gasteiger charge is 2.20. The molecule has 1 aliphatic heterocycles. The van der Waals surface area contributed by atoms with E-state index in [2.05, 4.69) is 10.2 Å². The van der Waals surface area contributed by atoms with E-state index >= 15 is 0 Å². The highest BCUT2D eigenvalue weighted by atomic mass is 32.2. The zero-order valence-corrected chi connectivity index (χ0v) is 19.8. The summed E-state index contributed by atoms with van der Waals surface area (Å²) in [5.41, 5.74) is 4.46. The second-order valence-electron chi connectivity index (χ2n) is 7.86. The van der Waals surface area contributed by atoms with Crippen molar-refractivity contribution in [1.29, 1.82) is 0 Å². The zero-order chi connectivity index (χ0) is 23.7. The summed E-state index contributed by atoms with van der Waals surface area (Å²) in [4.78, 5) is 13.0. The Morgan fingerprint density at radius 1 is 1.06 bits per heavy atom. The monoisotopic (exact) mass is 477 g/mol. The minimum absolute atomic E-state index is 0.00000209. The van der Waals surface area contributed by atoms with E-state index in [1.165, 1.54) is 11.8 Å². The lowest BCUT2D eigenvalue weighted by atomic mass is 10.1. The first kappa shape index (κ1) is 22.1. The molecule has 0 saturated carbocycles. The summed E-state index contributed by atoms with van der Waals surface area (Å²) in [6.07, 6.45) is 0.516. The molecule has 2 aromatic carbocycles. The molecule has 34 heavy (non-hydrogen) atoms. The van der Waals surface area contributed by atoms with E-state index in [1.54, 1.807) is 7.11 Å². The van der Waals surface area contributed by atoms with E-state index in [-0.39, 0.29) is 18.3 Å². The molecule has 4 aromatic rings. The second kappa shape index (κ2) is 9.26. The number of Topliss-reactive ketones (excluding diaryl/α,β-unsaturated/α-hetero) is 1. The van der Waals surface area contributed by atoms with Gasteiger partial charge in [-0.15, -0.1) is 10.2 Å². The summed E-state index contributed by atoms with van der Waals surface area (Å²) < 4.78 is 23.8. The standard InChI is InChI=1S/C25H23N3O5S/c1-15-10-20(16(2)28(15)18-6-9-22-23(12-18)32-14-31-22)21(29)13-34-25-27-26-24(33-25)11-17-4-7-19(30-3)8-5-17/h4-10,12H,11,13-14H2,1-3H3. The third-order valence-corrected chi connectivity index (χ3v) is 6.45. The smallest absolute Gasteiger partial charge is 0.277 e. The molecule has 5 rings (SSSR count).